The molecular formula is C23H27F3N2O3. The number of β-amino-alcohol motifs (C(OH)–C–C–N with tert-alkyl or cyclic N) is 1. The molecule has 1 fully saturated rings. The number of carbonyl (C=O) groups excluding carboxylic acids is 1. The minimum Gasteiger partial charge on any atom is -0.388 e. The number of amides is 1. The fraction of sp³-hybridized carbons (Fsp3) is 0.435. The van der Waals surface area contributed by atoms with Crippen LogP contribution >= 0.6 is 0 Å². The summed E-state index contributed by atoms with van der Waals surface area (Å²) >= 11 is 0. The number of piperidine rings is 1. The Kier molecular flexibility index (Phi) is 7.35. The SMILES string of the molecule is O=C(CCc1ccccc1)N1CC[C@](O)(CNCc2ccc(C(F)(F)F)cc2)[C@@H](O)C1. The first-order valence-corrected chi connectivity index (χ1v) is 10.3. The van der Waals surface area contributed by atoms with Gasteiger partial charge in [0.1, 0.15) is 11.7 Å². The number of hydrogen-bond acceptors (Lipinski definition) is 4. The van der Waals surface area contributed by atoms with E-state index in [1.807, 2.05) is 30.3 Å². The molecule has 8 heteroatoms. The normalized spacial score (nSPS) is 21.8. The highest BCUT2D eigenvalue weighted by molar-refractivity contribution is 5.76. The highest BCUT2D eigenvalue weighted by atomic mass is 19.4. The van der Waals surface area contributed by atoms with E-state index >= 15 is 0 Å². The number of rotatable bonds is 7. The van der Waals surface area contributed by atoms with Crippen molar-refractivity contribution < 1.29 is 28.2 Å². The lowest BCUT2D eigenvalue weighted by atomic mass is 9.88. The number of aliphatic hydroxyl groups is 2. The van der Waals surface area contributed by atoms with Gasteiger partial charge in [0, 0.05) is 32.6 Å². The molecule has 0 aromatic heterocycles. The number of hydrogen-bond donors (Lipinski definition) is 3. The quantitative estimate of drug-likeness (QED) is 0.624. The van der Waals surface area contributed by atoms with E-state index in [4.69, 9.17) is 0 Å². The summed E-state index contributed by atoms with van der Waals surface area (Å²) in [6, 6.07) is 14.5. The summed E-state index contributed by atoms with van der Waals surface area (Å²) < 4.78 is 37.9. The number of alkyl halides is 3. The molecule has 0 radical (unpaired) electrons. The van der Waals surface area contributed by atoms with Crippen molar-refractivity contribution in [1.29, 1.82) is 0 Å². The molecule has 0 unspecified atom stereocenters. The van der Waals surface area contributed by atoms with Gasteiger partial charge >= 0.3 is 6.18 Å². The summed E-state index contributed by atoms with van der Waals surface area (Å²) in [6.07, 6.45) is -4.32. The van der Waals surface area contributed by atoms with E-state index in [-0.39, 0.29) is 32.0 Å². The monoisotopic (exact) mass is 436 g/mol. The second-order valence-electron chi connectivity index (χ2n) is 7.99. The van der Waals surface area contributed by atoms with E-state index < -0.39 is 23.4 Å². The number of benzene rings is 2. The van der Waals surface area contributed by atoms with Crippen molar-refractivity contribution in [2.75, 3.05) is 19.6 Å². The molecule has 3 rings (SSSR count). The van der Waals surface area contributed by atoms with Crippen LogP contribution in [0.2, 0.25) is 0 Å². The highest BCUT2D eigenvalue weighted by Crippen LogP contribution is 2.29. The molecule has 1 aliphatic rings. The van der Waals surface area contributed by atoms with Gasteiger partial charge in [-0.05, 0) is 36.1 Å². The van der Waals surface area contributed by atoms with E-state index in [0.29, 0.717) is 24.9 Å². The molecule has 5 nitrogen and oxygen atoms in total. The van der Waals surface area contributed by atoms with Crippen molar-refractivity contribution in [3.63, 3.8) is 0 Å². The topological polar surface area (TPSA) is 72.8 Å². The maximum absolute atomic E-state index is 12.6. The molecule has 1 saturated heterocycles. The maximum Gasteiger partial charge on any atom is 0.416 e. The van der Waals surface area contributed by atoms with Crippen LogP contribution in [0.3, 0.4) is 0 Å². The second-order valence-corrected chi connectivity index (χ2v) is 7.99. The third-order valence-corrected chi connectivity index (χ3v) is 5.69. The highest BCUT2D eigenvalue weighted by Gasteiger charge is 2.41. The summed E-state index contributed by atoms with van der Waals surface area (Å²) in [7, 11) is 0. The van der Waals surface area contributed by atoms with Crippen molar-refractivity contribution in [2.24, 2.45) is 0 Å². The molecule has 0 bridgehead atoms. The molecular weight excluding hydrogens is 409 g/mol. The Balaban J connectivity index is 1.45. The van der Waals surface area contributed by atoms with Gasteiger partial charge in [0.25, 0.3) is 0 Å². The average molecular weight is 436 g/mol. The van der Waals surface area contributed by atoms with Crippen LogP contribution < -0.4 is 5.32 Å². The Hall–Kier alpha value is -2.42. The van der Waals surface area contributed by atoms with Crippen molar-refractivity contribution >= 4 is 5.91 Å². The Morgan fingerprint density at radius 1 is 1.10 bits per heavy atom. The molecule has 0 spiro atoms. The first kappa shape index (κ1) is 23.2. The zero-order valence-corrected chi connectivity index (χ0v) is 17.1. The van der Waals surface area contributed by atoms with Crippen molar-refractivity contribution in [3.8, 4) is 0 Å². The fourth-order valence-corrected chi connectivity index (χ4v) is 3.69. The van der Waals surface area contributed by atoms with Gasteiger partial charge < -0.3 is 20.4 Å². The van der Waals surface area contributed by atoms with Gasteiger partial charge in [-0.1, -0.05) is 42.5 Å². The molecule has 0 aliphatic carbocycles. The fourth-order valence-electron chi connectivity index (χ4n) is 3.69. The van der Waals surface area contributed by atoms with Crippen LogP contribution in [0, 0.1) is 0 Å². The maximum atomic E-state index is 12.6. The zero-order chi connectivity index (χ0) is 22.5. The van der Waals surface area contributed by atoms with E-state index in [2.05, 4.69) is 5.32 Å². The number of halogens is 3. The summed E-state index contributed by atoms with van der Waals surface area (Å²) in [6.45, 7) is 0.712. The van der Waals surface area contributed by atoms with Crippen LogP contribution in [0.5, 0.6) is 0 Å². The van der Waals surface area contributed by atoms with Gasteiger partial charge in [0.2, 0.25) is 5.91 Å². The molecule has 1 amide bonds. The zero-order valence-electron chi connectivity index (χ0n) is 17.1. The van der Waals surface area contributed by atoms with Gasteiger partial charge in [-0.2, -0.15) is 13.2 Å². The van der Waals surface area contributed by atoms with E-state index in [0.717, 1.165) is 17.7 Å². The lowest BCUT2D eigenvalue weighted by molar-refractivity contribution is -0.148. The predicted octanol–water partition coefficient (Wildman–Crippen LogP) is 2.75. The lowest BCUT2D eigenvalue weighted by Gasteiger charge is -2.42. The van der Waals surface area contributed by atoms with Crippen molar-refractivity contribution in [2.45, 2.75) is 43.7 Å². The smallest absolute Gasteiger partial charge is 0.388 e. The number of carbonyl (C=O) groups is 1. The summed E-state index contributed by atoms with van der Waals surface area (Å²) in [5, 5.41) is 24.2. The molecule has 2 aromatic rings. The summed E-state index contributed by atoms with van der Waals surface area (Å²) in [4.78, 5) is 14.0. The van der Waals surface area contributed by atoms with Gasteiger partial charge in [0.05, 0.1) is 5.56 Å². The van der Waals surface area contributed by atoms with Gasteiger partial charge in [-0.15, -0.1) is 0 Å². The van der Waals surface area contributed by atoms with Crippen molar-refractivity contribution in [3.05, 3.63) is 71.3 Å². The van der Waals surface area contributed by atoms with Crippen LogP contribution in [-0.2, 0) is 23.9 Å². The summed E-state index contributed by atoms with van der Waals surface area (Å²) in [5.41, 5.74) is -0.408. The first-order chi connectivity index (χ1) is 14.7. The molecule has 31 heavy (non-hydrogen) atoms. The van der Waals surface area contributed by atoms with E-state index in [9.17, 15) is 28.2 Å². The molecule has 0 saturated carbocycles. The Bertz CT molecular complexity index is 859. The molecule has 1 aliphatic heterocycles. The molecule has 2 aromatic carbocycles. The second kappa shape index (κ2) is 9.80. The molecule has 2 atom stereocenters. The lowest BCUT2D eigenvalue weighted by Crippen LogP contribution is -2.60. The molecule has 3 N–H and O–H groups in total. The average Bonchev–Trinajstić information content (AvgIpc) is 2.74. The Morgan fingerprint density at radius 3 is 2.39 bits per heavy atom. The van der Waals surface area contributed by atoms with Crippen LogP contribution in [0.1, 0.15) is 29.5 Å². The van der Waals surface area contributed by atoms with Gasteiger partial charge in [-0.25, -0.2) is 0 Å². The van der Waals surface area contributed by atoms with Crippen LogP contribution in [0.25, 0.3) is 0 Å². The number of nitrogens with one attached hydrogen (secondary N) is 1. The third kappa shape index (κ3) is 6.29. The standard InChI is InChI=1S/C23H27F3N2O3/c24-23(25,26)19-9-6-18(7-10-19)14-27-16-22(31)12-13-28(15-20(22)29)21(30)11-8-17-4-2-1-3-5-17/h1-7,9-10,20,27,29,31H,8,11-16H2/t20-,22-/m0/s1. The van der Waals surface area contributed by atoms with Crippen LogP contribution in [0.4, 0.5) is 13.2 Å². The number of nitrogens with zero attached hydrogens (tertiary/aromatic N) is 1. The van der Waals surface area contributed by atoms with E-state index in [1.54, 1.807) is 4.90 Å². The predicted molar refractivity (Wildman–Crippen MR) is 110 cm³/mol. The molecule has 1 heterocycles. The number of aryl methyl sites for hydroxylation is 1. The third-order valence-electron chi connectivity index (χ3n) is 5.69. The minimum atomic E-state index is -4.38. The number of likely N-dealkylation sites (tertiary alicyclic amines) is 1. The largest absolute Gasteiger partial charge is 0.416 e. The summed E-state index contributed by atoms with van der Waals surface area (Å²) in [5.74, 6) is -0.0670. The van der Waals surface area contributed by atoms with E-state index in [1.165, 1.54) is 12.1 Å². The van der Waals surface area contributed by atoms with Gasteiger partial charge in [-0.3, -0.25) is 4.79 Å². The first-order valence-electron chi connectivity index (χ1n) is 10.3. The Morgan fingerprint density at radius 2 is 1.77 bits per heavy atom. The Labute approximate surface area is 179 Å². The van der Waals surface area contributed by atoms with Crippen molar-refractivity contribution in [1.82, 2.24) is 10.2 Å². The van der Waals surface area contributed by atoms with Crippen LogP contribution in [-0.4, -0.2) is 52.4 Å². The number of aliphatic hydroxyl groups excluding tert-OH is 1. The molecule has 168 valence electrons. The van der Waals surface area contributed by atoms with Crippen LogP contribution in [0.15, 0.2) is 54.6 Å². The minimum absolute atomic E-state index is 0.0477. The van der Waals surface area contributed by atoms with Gasteiger partial charge in [0.15, 0.2) is 0 Å².